The summed E-state index contributed by atoms with van der Waals surface area (Å²) in [5, 5.41) is 5.70. The van der Waals surface area contributed by atoms with Crippen molar-refractivity contribution in [3.8, 4) is 0 Å². The van der Waals surface area contributed by atoms with Crippen LogP contribution in [-0.4, -0.2) is 12.5 Å². The Kier molecular flexibility index (Phi) is 5.14. The largest absolute Gasteiger partial charge is 0.374 e. The van der Waals surface area contributed by atoms with E-state index >= 15 is 0 Å². The lowest BCUT2D eigenvalue weighted by Crippen LogP contribution is -2.22. The Hall–Kier alpha value is -1.66. The van der Waals surface area contributed by atoms with E-state index in [0.29, 0.717) is 10.7 Å². The second-order valence-corrected chi connectivity index (χ2v) is 5.45. The topological polar surface area (TPSA) is 41.1 Å². The Labute approximate surface area is 133 Å². The third-order valence-electron chi connectivity index (χ3n) is 2.56. The zero-order chi connectivity index (χ0) is 15.4. The second kappa shape index (κ2) is 6.87. The first-order chi connectivity index (χ1) is 9.95. The minimum Gasteiger partial charge on any atom is -0.374 e. The first kappa shape index (κ1) is 15.7. The molecule has 0 atom stereocenters. The van der Waals surface area contributed by atoms with E-state index in [1.807, 2.05) is 0 Å². The van der Waals surface area contributed by atoms with Crippen molar-refractivity contribution in [2.45, 2.75) is 0 Å². The highest BCUT2D eigenvalue weighted by molar-refractivity contribution is 9.10. The number of halogens is 4. The molecule has 0 unspecified atom stereocenters. The summed E-state index contributed by atoms with van der Waals surface area (Å²) < 4.78 is 26.7. The van der Waals surface area contributed by atoms with E-state index in [1.165, 1.54) is 6.07 Å². The van der Waals surface area contributed by atoms with E-state index < -0.39 is 11.6 Å². The fourth-order valence-corrected chi connectivity index (χ4v) is 2.14. The predicted molar refractivity (Wildman–Crippen MR) is 82.6 cm³/mol. The van der Waals surface area contributed by atoms with Gasteiger partial charge in [-0.2, -0.15) is 0 Å². The van der Waals surface area contributed by atoms with Crippen LogP contribution in [0.3, 0.4) is 0 Å². The molecule has 0 heterocycles. The molecule has 0 saturated carbocycles. The van der Waals surface area contributed by atoms with Crippen molar-refractivity contribution in [3.63, 3.8) is 0 Å². The number of anilines is 2. The number of carbonyl (C=O) groups is 1. The van der Waals surface area contributed by atoms with Gasteiger partial charge >= 0.3 is 0 Å². The molecule has 0 aliphatic heterocycles. The lowest BCUT2D eigenvalue weighted by atomic mass is 10.3. The Morgan fingerprint density at radius 1 is 1.19 bits per heavy atom. The lowest BCUT2D eigenvalue weighted by molar-refractivity contribution is -0.114. The van der Waals surface area contributed by atoms with Crippen LogP contribution < -0.4 is 10.6 Å². The van der Waals surface area contributed by atoms with E-state index in [4.69, 9.17) is 11.6 Å². The molecule has 1 amide bonds. The average molecular weight is 376 g/mol. The molecule has 2 aromatic rings. The fourth-order valence-electron chi connectivity index (χ4n) is 1.60. The summed E-state index contributed by atoms with van der Waals surface area (Å²) in [5.41, 5.74) is 0.569. The molecular weight excluding hydrogens is 366 g/mol. The Balaban J connectivity index is 1.97. The van der Waals surface area contributed by atoms with Crippen LogP contribution in [0.2, 0.25) is 5.02 Å². The lowest BCUT2D eigenvalue weighted by Gasteiger charge is -2.09. The number of amides is 1. The van der Waals surface area contributed by atoms with E-state index in [-0.39, 0.29) is 22.6 Å². The van der Waals surface area contributed by atoms with Gasteiger partial charge < -0.3 is 10.6 Å². The maximum atomic E-state index is 13.5. The number of benzene rings is 2. The average Bonchev–Trinajstić information content (AvgIpc) is 2.41. The van der Waals surface area contributed by atoms with Crippen molar-refractivity contribution in [2.75, 3.05) is 17.2 Å². The summed E-state index contributed by atoms with van der Waals surface area (Å²) in [6, 6.07) is 8.62. The third kappa shape index (κ3) is 4.41. The van der Waals surface area contributed by atoms with Gasteiger partial charge in [0.1, 0.15) is 11.6 Å². The molecule has 110 valence electrons. The van der Waals surface area contributed by atoms with Crippen LogP contribution in [0.15, 0.2) is 40.9 Å². The maximum absolute atomic E-state index is 13.5. The normalized spacial score (nSPS) is 10.3. The number of hydrogen-bond acceptors (Lipinski definition) is 2. The number of nitrogens with one attached hydrogen (secondary N) is 2. The first-order valence-electron chi connectivity index (χ1n) is 5.89. The van der Waals surface area contributed by atoms with Gasteiger partial charge in [-0.25, -0.2) is 8.78 Å². The Morgan fingerprint density at radius 3 is 2.67 bits per heavy atom. The molecule has 0 spiro atoms. The van der Waals surface area contributed by atoms with Crippen molar-refractivity contribution in [2.24, 2.45) is 0 Å². The molecule has 0 aliphatic carbocycles. The van der Waals surface area contributed by atoms with Gasteiger partial charge in [0.2, 0.25) is 5.91 Å². The van der Waals surface area contributed by atoms with Gasteiger partial charge in [0.15, 0.2) is 0 Å². The highest BCUT2D eigenvalue weighted by Gasteiger charge is 2.09. The van der Waals surface area contributed by atoms with Crippen LogP contribution in [0.5, 0.6) is 0 Å². The van der Waals surface area contributed by atoms with Crippen LogP contribution >= 0.6 is 27.5 Å². The van der Waals surface area contributed by atoms with E-state index in [1.54, 1.807) is 24.3 Å². The van der Waals surface area contributed by atoms with Gasteiger partial charge in [-0.3, -0.25) is 4.79 Å². The van der Waals surface area contributed by atoms with Crippen LogP contribution in [0.4, 0.5) is 20.2 Å². The second-order valence-electron chi connectivity index (χ2n) is 4.16. The summed E-state index contributed by atoms with van der Waals surface area (Å²) in [4.78, 5) is 11.7. The molecule has 0 aliphatic rings. The minimum atomic E-state index is -0.772. The molecule has 21 heavy (non-hydrogen) atoms. The molecule has 2 N–H and O–H groups in total. The zero-order valence-corrected chi connectivity index (χ0v) is 12.9. The van der Waals surface area contributed by atoms with Crippen LogP contribution in [-0.2, 0) is 4.79 Å². The summed E-state index contributed by atoms with van der Waals surface area (Å²) in [5.74, 6) is -1.86. The molecule has 3 nitrogen and oxygen atoms in total. The molecule has 2 aromatic carbocycles. The molecule has 0 bridgehead atoms. The van der Waals surface area contributed by atoms with Gasteiger partial charge in [-0.15, -0.1) is 0 Å². The van der Waals surface area contributed by atoms with Crippen molar-refractivity contribution in [3.05, 3.63) is 57.5 Å². The minimum absolute atomic E-state index is 0.0320. The van der Waals surface area contributed by atoms with Gasteiger partial charge in [-0.1, -0.05) is 17.7 Å². The van der Waals surface area contributed by atoms with Gasteiger partial charge in [0, 0.05) is 16.8 Å². The number of hydrogen-bond donors (Lipinski definition) is 2. The Morgan fingerprint density at radius 2 is 1.95 bits per heavy atom. The molecule has 7 heteroatoms. The molecular formula is C14H10BrClF2N2O. The van der Waals surface area contributed by atoms with Gasteiger partial charge in [-0.05, 0) is 40.2 Å². The van der Waals surface area contributed by atoms with Gasteiger partial charge in [0.25, 0.3) is 0 Å². The van der Waals surface area contributed by atoms with Crippen molar-refractivity contribution < 1.29 is 13.6 Å². The van der Waals surface area contributed by atoms with Crippen LogP contribution in [0, 0.1) is 11.6 Å². The third-order valence-corrected chi connectivity index (χ3v) is 3.40. The van der Waals surface area contributed by atoms with E-state index in [0.717, 1.165) is 6.07 Å². The first-order valence-corrected chi connectivity index (χ1v) is 7.06. The van der Waals surface area contributed by atoms with Crippen molar-refractivity contribution in [1.82, 2.24) is 0 Å². The molecule has 2 rings (SSSR count). The molecule has 0 aromatic heterocycles. The maximum Gasteiger partial charge on any atom is 0.243 e. The number of carbonyl (C=O) groups excluding carboxylic acids is 1. The molecule has 0 radical (unpaired) electrons. The van der Waals surface area contributed by atoms with Crippen molar-refractivity contribution >= 4 is 44.8 Å². The number of rotatable bonds is 4. The Bertz CT molecular complexity index is 682. The molecule has 0 fully saturated rings. The zero-order valence-electron chi connectivity index (χ0n) is 10.6. The summed E-state index contributed by atoms with van der Waals surface area (Å²) in [6.07, 6.45) is 0. The summed E-state index contributed by atoms with van der Waals surface area (Å²) in [6.45, 7) is -0.165. The van der Waals surface area contributed by atoms with Gasteiger partial charge in [0.05, 0.1) is 16.7 Å². The summed E-state index contributed by atoms with van der Waals surface area (Å²) in [7, 11) is 0. The highest BCUT2D eigenvalue weighted by atomic mass is 79.9. The SMILES string of the molecule is O=C(CNc1cc(Br)c(F)cc1F)Nc1cccc(Cl)c1. The smallest absolute Gasteiger partial charge is 0.243 e. The van der Waals surface area contributed by atoms with E-state index in [9.17, 15) is 13.6 Å². The fraction of sp³-hybridized carbons (Fsp3) is 0.0714. The highest BCUT2D eigenvalue weighted by Crippen LogP contribution is 2.23. The summed E-state index contributed by atoms with van der Waals surface area (Å²) >= 11 is 8.75. The monoisotopic (exact) mass is 374 g/mol. The van der Waals surface area contributed by atoms with Crippen LogP contribution in [0.25, 0.3) is 0 Å². The quantitative estimate of drug-likeness (QED) is 0.776. The van der Waals surface area contributed by atoms with Crippen LogP contribution in [0.1, 0.15) is 0 Å². The predicted octanol–water partition coefficient (Wildman–Crippen LogP) is 4.43. The molecule has 0 saturated heterocycles. The van der Waals surface area contributed by atoms with E-state index in [2.05, 4.69) is 26.6 Å². The standard InChI is InChI=1S/C14H10BrClF2N2O/c15-10-5-13(12(18)6-11(10)17)19-7-14(21)20-9-3-1-2-8(16)4-9/h1-6,19H,7H2,(H,20,21). The van der Waals surface area contributed by atoms with Crippen molar-refractivity contribution in [1.29, 1.82) is 0 Å².